The van der Waals surface area contributed by atoms with Crippen LogP contribution in [0.15, 0.2) is 41.3 Å². The van der Waals surface area contributed by atoms with Gasteiger partial charge >= 0.3 is 5.97 Å². The molecule has 146 valence electrons. The molecule has 6 nitrogen and oxygen atoms in total. The highest BCUT2D eigenvalue weighted by atomic mass is 32.2. The van der Waals surface area contributed by atoms with E-state index in [-0.39, 0.29) is 11.0 Å². The summed E-state index contributed by atoms with van der Waals surface area (Å²) in [5, 5.41) is 1.42. The van der Waals surface area contributed by atoms with E-state index in [2.05, 4.69) is 0 Å². The first-order chi connectivity index (χ1) is 13.4. The number of esters is 1. The minimum Gasteiger partial charge on any atom is -0.493 e. The zero-order valence-electron chi connectivity index (χ0n) is 15.9. The molecule has 7 heteroatoms. The minimum atomic E-state index is -0.612. The molecule has 0 aliphatic carbocycles. The topological polar surface area (TPSA) is 72.9 Å². The summed E-state index contributed by atoms with van der Waals surface area (Å²) in [4.78, 5) is 38.0. The summed E-state index contributed by atoms with van der Waals surface area (Å²) in [5.74, 6) is -0.489. The highest BCUT2D eigenvalue weighted by Gasteiger charge is 2.37. The van der Waals surface area contributed by atoms with Crippen LogP contribution in [0.4, 0.5) is 4.79 Å². The van der Waals surface area contributed by atoms with Crippen LogP contribution < -0.4 is 4.74 Å². The van der Waals surface area contributed by atoms with Crippen molar-refractivity contribution in [3.05, 3.63) is 46.9 Å². The summed E-state index contributed by atoms with van der Waals surface area (Å²) in [6.45, 7) is 5.38. The molecule has 1 saturated heterocycles. The fourth-order valence-corrected chi connectivity index (χ4v) is 3.72. The van der Waals surface area contributed by atoms with Crippen molar-refractivity contribution in [2.75, 3.05) is 13.2 Å². The largest absolute Gasteiger partial charge is 0.493 e. The van der Waals surface area contributed by atoms with E-state index < -0.39 is 23.7 Å². The number of imide groups is 1. The Morgan fingerprint density at radius 1 is 1.18 bits per heavy atom. The Kier molecular flexibility index (Phi) is 6.04. The van der Waals surface area contributed by atoms with Crippen LogP contribution in [0.3, 0.4) is 0 Å². The number of hydrogen-bond donors (Lipinski definition) is 0. The van der Waals surface area contributed by atoms with Gasteiger partial charge in [0.25, 0.3) is 11.1 Å². The van der Waals surface area contributed by atoms with Gasteiger partial charge in [-0.15, -0.1) is 0 Å². The van der Waals surface area contributed by atoms with Crippen LogP contribution in [0.25, 0.3) is 16.8 Å². The Bertz CT molecular complexity index is 966. The molecule has 0 unspecified atom stereocenters. The smallest absolute Gasteiger partial charge is 0.326 e. The molecule has 1 aliphatic rings. The van der Waals surface area contributed by atoms with E-state index >= 15 is 0 Å². The number of rotatable bonds is 6. The number of carbonyl (C=O) groups is 3. The van der Waals surface area contributed by atoms with Gasteiger partial charge in [0.2, 0.25) is 0 Å². The number of thioether (sulfide) groups is 1. The van der Waals surface area contributed by atoms with Crippen molar-refractivity contribution in [1.29, 1.82) is 0 Å². The maximum atomic E-state index is 12.7. The summed E-state index contributed by atoms with van der Waals surface area (Å²) in [6, 6.07) is 11.5. The third-order valence-corrected chi connectivity index (χ3v) is 4.94. The lowest BCUT2D eigenvalue weighted by Gasteiger charge is -2.13. The summed E-state index contributed by atoms with van der Waals surface area (Å²) in [7, 11) is 0. The van der Waals surface area contributed by atoms with E-state index in [1.807, 2.05) is 43.3 Å². The molecule has 0 saturated carbocycles. The predicted octanol–water partition coefficient (Wildman–Crippen LogP) is 4.23. The molecule has 2 aromatic rings. The molecule has 0 aromatic heterocycles. The van der Waals surface area contributed by atoms with Crippen LogP contribution in [0.5, 0.6) is 5.75 Å². The van der Waals surface area contributed by atoms with Gasteiger partial charge in [-0.25, -0.2) is 0 Å². The quantitative estimate of drug-likeness (QED) is 0.535. The summed E-state index contributed by atoms with van der Waals surface area (Å²) >= 11 is 0.808. The summed E-state index contributed by atoms with van der Waals surface area (Å²) < 4.78 is 10.8. The SMILES string of the molecule is CCOc1ccc2ccccc2c1/C=C1\SC(=O)N(CC(=O)OC(C)C)C1=O. The lowest BCUT2D eigenvalue weighted by molar-refractivity contribution is -0.149. The van der Waals surface area contributed by atoms with E-state index in [1.165, 1.54) is 0 Å². The molecule has 0 N–H and O–H groups in total. The highest BCUT2D eigenvalue weighted by molar-refractivity contribution is 8.18. The molecule has 1 heterocycles. The first-order valence-corrected chi connectivity index (χ1v) is 9.81. The van der Waals surface area contributed by atoms with Crippen molar-refractivity contribution < 1.29 is 23.9 Å². The number of benzene rings is 2. The second kappa shape index (κ2) is 8.48. The van der Waals surface area contributed by atoms with Crippen LogP contribution >= 0.6 is 11.8 Å². The zero-order valence-corrected chi connectivity index (χ0v) is 16.7. The normalized spacial score (nSPS) is 15.7. The van der Waals surface area contributed by atoms with Crippen molar-refractivity contribution in [2.45, 2.75) is 26.9 Å². The first-order valence-electron chi connectivity index (χ1n) is 9.00. The van der Waals surface area contributed by atoms with E-state index in [1.54, 1.807) is 19.9 Å². The Hall–Kier alpha value is -2.80. The molecule has 1 aliphatic heterocycles. The molecule has 0 bridgehead atoms. The van der Waals surface area contributed by atoms with Crippen LogP contribution in [0.1, 0.15) is 26.3 Å². The summed E-state index contributed by atoms with van der Waals surface area (Å²) in [5.41, 5.74) is 0.732. The van der Waals surface area contributed by atoms with Crippen molar-refractivity contribution in [3.63, 3.8) is 0 Å². The van der Waals surface area contributed by atoms with Crippen LogP contribution in [-0.4, -0.2) is 41.3 Å². The van der Waals surface area contributed by atoms with Crippen molar-refractivity contribution in [3.8, 4) is 5.75 Å². The molecule has 1 fully saturated rings. The molecule has 0 spiro atoms. The number of nitrogens with zero attached hydrogens (tertiary/aromatic N) is 1. The van der Waals surface area contributed by atoms with Crippen molar-refractivity contribution >= 4 is 45.7 Å². The molecule has 0 radical (unpaired) electrons. The lowest BCUT2D eigenvalue weighted by Crippen LogP contribution is -2.35. The van der Waals surface area contributed by atoms with Gasteiger partial charge in [-0.3, -0.25) is 19.3 Å². The monoisotopic (exact) mass is 399 g/mol. The fraction of sp³-hybridized carbons (Fsp3) is 0.286. The summed E-state index contributed by atoms with van der Waals surface area (Å²) in [6.07, 6.45) is 1.35. The highest BCUT2D eigenvalue weighted by Crippen LogP contribution is 2.36. The van der Waals surface area contributed by atoms with E-state index in [9.17, 15) is 14.4 Å². The maximum Gasteiger partial charge on any atom is 0.326 e. The number of hydrogen-bond acceptors (Lipinski definition) is 6. The second-order valence-electron chi connectivity index (χ2n) is 6.44. The van der Waals surface area contributed by atoms with Gasteiger partial charge < -0.3 is 9.47 Å². The molecule has 2 aromatic carbocycles. The van der Waals surface area contributed by atoms with Gasteiger partial charge in [0.05, 0.1) is 17.6 Å². The maximum absolute atomic E-state index is 12.7. The van der Waals surface area contributed by atoms with Gasteiger partial charge in [0.15, 0.2) is 0 Å². The zero-order chi connectivity index (χ0) is 20.3. The predicted molar refractivity (Wildman–Crippen MR) is 109 cm³/mol. The van der Waals surface area contributed by atoms with Gasteiger partial charge in [0, 0.05) is 5.56 Å². The van der Waals surface area contributed by atoms with Crippen molar-refractivity contribution in [2.24, 2.45) is 0 Å². The fourth-order valence-electron chi connectivity index (χ4n) is 2.90. The van der Waals surface area contributed by atoms with E-state index in [0.717, 1.165) is 33.0 Å². The first kappa shape index (κ1) is 19.9. The van der Waals surface area contributed by atoms with Gasteiger partial charge in [0.1, 0.15) is 12.3 Å². The molecule has 2 amide bonds. The number of fused-ring (bicyclic) bond motifs is 1. The van der Waals surface area contributed by atoms with Gasteiger partial charge in [-0.1, -0.05) is 30.3 Å². The molecule has 3 rings (SSSR count). The van der Waals surface area contributed by atoms with Crippen LogP contribution in [0.2, 0.25) is 0 Å². The molecule has 28 heavy (non-hydrogen) atoms. The van der Waals surface area contributed by atoms with Gasteiger partial charge in [-0.2, -0.15) is 0 Å². The van der Waals surface area contributed by atoms with E-state index in [4.69, 9.17) is 9.47 Å². The lowest BCUT2D eigenvalue weighted by atomic mass is 10.0. The Morgan fingerprint density at radius 2 is 1.93 bits per heavy atom. The van der Waals surface area contributed by atoms with Crippen LogP contribution in [-0.2, 0) is 14.3 Å². The van der Waals surface area contributed by atoms with Gasteiger partial charge in [-0.05, 0) is 55.4 Å². The third-order valence-electron chi connectivity index (χ3n) is 4.03. The second-order valence-corrected chi connectivity index (χ2v) is 7.43. The molecular formula is C21H21NO5S. The molecular weight excluding hydrogens is 378 g/mol. The third kappa shape index (κ3) is 4.20. The Balaban J connectivity index is 1.96. The number of amides is 2. The standard InChI is InChI=1S/C21H21NO5S/c1-4-26-17-10-9-14-7-5-6-8-15(14)16(17)11-18-20(24)22(21(25)28-18)12-19(23)27-13(2)3/h5-11,13H,4,12H2,1-3H3/b18-11-. The number of carbonyl (C=O) groups excluding carboxylic acids is 3. The van der Waals surface area contributed by atoms with Crippen molar-refractivity contribution in [1.82, 2.24) is 4.90 Å². The average molecular weight is 399 g/mol. The van der Waals surface area contributed by atoms with Crippen LogP contribution in [0, 0.1) is 0 Å². The van der Waals surface area contributed by atoms with E-state index in [0.29, 0.717) is 12.4 Å². The molecule has 0 atom stereocenters. The Morgan fingerprint density at radius 3 is 2.64 bits per heavy atom. The minimum absolute atomic E-state index is 0.250. The number of ether oxygens (including phenoxy) is 2. The average Bonchev–Trinajstić information content (AvgIpc) is 2.90. The Labute approximate surface area is 167 Å².